The highest BCUT2D eigenvalue weighted by atomic mass is 19.1. The fraction of sp³-hybridized carbons (Fsp3) is 0.625. The molecule has 104 valence electrons. The van der Waals surface area contributed by atoms with E-state index >= 15 is 0 Å². The van der Waals surface area contributed by atoms with E-state index in [9.17, 15) is 9.50 Å². The molecule has 1 aromatic rings. The minimum atomic E-state index is -0.367. The van der Waals surface area contributed by atoms with Crippen molar-refractivity contribution in [1.82, 2.24) is 0 Å². The summed E-state index contributed by atoms with van der Waals surface area (Å²) in [6.45, 7) is 2.08. The van der Waals surface area contributed by atoms with Crippen LogP contribution in [0.25, 0.3) is 0 Å². The SMILES string of the molecule is COc1cc(F)c2c(c1)C1(C)CCCCC(C2)C1O. The van der Waals surface area contributed by atoms with Gasteiger partial charge in [-0.3, -0.25) is 0 Å². The van der Waals surface area contributed by atoms with Crippen LogP contribution in [-0.2, 0) is 11.8 Å². The fourth-order valence-corrected chi connectivity index (χ4v) is 3.94. The Morgan fingerprint density at radius 1 is 1.37 bits per heavy atom. The molecular formula is C16H21FO2. The molecule has 0 aliphatic heterocycles. The largest absolute Gasteiger partial charge is 0.497 e. The van der Waals surface area contributed by atoms with Gasteiger partial charge in [-0.1, -0.05) is 19.8 Å². The summed E-state index contributed by atoms with van der Waals surface area (Å²) in [5.74, 6) is 0.564. The van der Waals surface area contributed by atoms with Crippen LogP contribution in [0.2, 0.25) is 0 Å². The first kappa shape index (κ1) is 12.9. The number of rotatable bonds is 1. The van der Waals surface area contributed by atoms with Gasteiger partial charge in [-0.2, -0.15) is 0 Å². The van der Waals surface area contributed by atoms with Gasteiger partial charge in [0.05, 0.1) is 13.2 Å². The molecular weight excluding hydrogens is 243 g/mol. The Hall–Kier alpha value is -1.09. The normalized spacial score (nSPS) is 33.5. The molecule has 19 heavy (non-hydrogen) atoms. The third-order valence-corrected chi connectivity index (χ3v) is 5.11. The van der Waals surface area contributed by atoms with Crippen LogP contribution < -0.4 is 4.74 Å². The molecule has 0 saturated heterocycles. The van der Waals surface area contributed by atoms with Crippen molar-refractivity contribution in [3.63, 3.8) is 0 Å². The summed E-state index contributed by atoms with van der Waals surface area (Å²) in [7, 11) is 1.55. The van der Waals surface area contributed by atoms with Crippen molar-refractivity contribution in [2.24, 2.45) is 5.92 Å². The van der Waals surface area contributed by atoms with Crippen LogP contribution in [-0.4, -0.2) is 18.3 Å². The number of hydrogen-bond acceptors (Lipinski definition) is 2. The molecule has 1 saturated carbocycles. The summed E-state index contributed by atoms with van der Waals surface area (Å²) in [5, 5.41) is 10.7. The van der Waals surface area contributed by atoms with Gasteiger partial charge in [0.2, 0.25) is 0 Å². The van der Waals surface area contributed by atoms with Crippen LogP contribution >= 0.6 is 0 Å². The monoisotopic (exact) mass is 264 g/mol. The Balaban J connectivity index is 2.19. The molecule has 3 heteroatoms. The van der Waals surface area contributed by atoms with E-state index in [4.69, 9.17) is 4.74 Å². The number of benzene rings is 1. The Morgan fingerprint density at radius 2 is 2.16 bits per heavy atom. The van der Waals surface area contributed by atoms with Crippen LogP contribution in [0.4, 0.5) is 4.39 Å². The maximum atomic E-state index is 14.3. The minimum Gasteiger partial charge on any atom is -0.497 e. The molecule has 0 aromatic heterocycles. The molecule has 0 spiro atoms. The van der Waals surface area contributed by atoms with E-state index in [-0.39, 0.29) is 23.3 Å². The van der Waals surface area contributed by atoms with Gasteiger partial charge in [0, 0.05) is 11.5 Å². The third kappa shape index (κ3) is 1.86. The van der Waals surface area contributed by atoms with Gasteiger partial charge in [-0.15, -0.1) is 0 Å². The second-order valence-corrected chi connectivity index (χ2v) is 6.21. The molecule has 0 heterocycles. The second-order valence-electron chi connectivity index (χ2n) is 6.21. The highest BCUT2D eigenvalue weighted by molar-refractivity contribution is 5.45. The van der Waals surface area contributed by atoms with Crippen molar-refractivity contribution in [1.29, 1.82) is 0 Å². The smallest absolute Gasteiger partial charge is 0.130 e. The van der Waals surface area contributed by atoms with E-state index in [1.165, 1.54) is 6.07 Å². The van der Waals surface area contributed by atoms with E-state index in [2.05, 4.69) is 6.92 Å². The van der Waals surface area contributed by atoms with Gasteiger partial charge in [-0.25, -0.2) is 4.39 Å². The highest BCUT2D eigenvalue weighted by Gasteiger charge is 2.46. The number of ether oxygens (including phenoxy) is 1. The first-order valence-corrected chi connectivity index (χ1v) is 7.11. The molecule has 2 aliphatic carbocycles. The van der Waals surface area contributed by atoms with Crippen LogP contribution in [0.15, 0.2) is 12.1 Å². The van der Waals surface area contributed by atoms with Gasteiger partial charge in [0.15, 0.2) is 0 Å². The van der Waals surface area contributed by atoms with Gasteiger partial charge in [0.1, 0.15) is 11.6 Å². The number of aliphatic hydroxyl groups is 1. The molecule has 1 aromatic carbocycles. The zero-order chi connectivity index (χ0) is 13.6. The Bertz CT molecular complexity index is 500. The van der Waals surface area contributed by atoms with Gasteiger partial charge >= 0.3 is 0 Å². The van der Waals surface area contributed by atoms with Gasteiger partial charge in [-0.05, 0) is 42.4 Å². The Morgan fingerprint density at radius 3 is 2.89 bits per heavy atom. The van der Waals surface area contributed by atoms with Crippen molar-refractivity contribution in [2.75, 3.05) is 7.11 Å². The molecule has 2 bridgehead atoms. The van der Waals surface area contributed by atoms with E-state index in [0.717, 1.165) is 36.8 Å². The van der Waals surface area contributed by atoms with Crippen LogP contribution in [0.1, 0.15) is 43.7 Å². The summed E-state index contributed by atoms with van der Waals surface area (Å²) in [6, 6.07) is 3.38. The van der Waals surface area contributed by atoms with Crippen LogP contribution in [0.5, 0.6) is 5.75 Å². The molecule has 2 aliphatic rings. The molecule has 3 rings (SSSR count). The molecule has 0 amide bonds. The average Bonchev–Trinajstić information content (AvgIpc) is 2.49. The van der Waals surface area contributed by atoms with Crippen molar-refractivity contribution in [3.05, 3.63) is 29.1 Å². The fourth-order valence-electron chi connectivity index (χ4n) is 3.94. The van der Waals surface area contributed by atoms with E-state index in [1.54, 1.807) is 7.11 Å². The lowest BCUT2D eigenvalue weighted by atomic mass is 9.64. The summed E-state index contributed by atoms with van der Waals surface area (Å²) in [6.07, 6.45) is 4.44. The van der Waals surface area contributed by atoms with Crippen LogP contribution in [0, 0.1) is 11.7 Å². The highest BCUT2D eigenvalue weighted by Crippen LogP contribution is 2.48. The summed E-state index contributed by atoms with van der Waals surface area (Å²) in [5.41, 5.74) is 1.42. The average molecular weight is 264 g/mol. The lowest BCUT2D eigenvalue weighted by molar-refractivity contribution is 0.0265. The molecule has 1 fully saturated rings. The maximum Gasteiger partial charge on any atom is 0.130 e. The number of hydrogen-bond donors (Lipinski definition) is 1. The van der Waals surface area contributed by atoms with Crippen molar-refractivity contribution >= 4 is 0 Å². The van der Waals surface area contributed by atoms with E-state index < -0.39 is 0 Å². The third-order valence-electron chi connectivity index (χ3n) is 5.11. The lowest BCUT2D eigenvalue weighted by Crippen LogP contribution is -2.46. The molecule has 0 radical (unpaired) electrons. The number of fused-ring (bicyclic) bond motifs is 4. The van der Waals surface area contributed by atoms with Gasteiger partial charge < -0.3 is 9.84 Å². The number of methoxy groups -OCH3 is 1. The van der Waals surface area contributed by atoms with Gasteiger partial charge in [0.25, 0.3) is 0 Å². The Labute approximate surface area is 113 Å². The van der Waals surface area contributed by atoms with Crippen LogP contribution in [0.3, 0.4) is 0 Å². The number of halogens is 1. The molecule has 3 unspecified atom stereocenters. The minimum absolute atomic E-state index is 0.181. The standard InChI is InChI=1S/C16H21FO2/c1-16-6-4-3-5-10(15(16)18)7-12-13(16)8-11(19-2)9-14(12)17/h8-10,15,18H,3-7H2,1-2H3. The number of aliphatic hydroxyl groups excluding tert-OH is 1. The zero-order valence-electron chi connectivity index (χ0n) is 11.6. The van der Waals surface area contributed by atoms with E-state index in [0.29, 0.717) is 12.2 Å². The molecule has 1 N–H and O–H groups in total. The first-order chi connectivity index (χ1) is 9.06. The van der Waals surface area contributed by atoms with Crippen molar-refractivity contribution in [3.8, 4) is 5.75 Å². The summed E-state index contributed by atoms with van der Waals surface area (Å²) >= 11 is 0. The second kappa shape index (κ2) is 4.48. The van der Waals surface area contributed by atoms with Crippen molar-refractivity contribution < 1.29 is 14.2 Å². The topological polar surface area (TPSA) is 29.5 Å². The lowest BCUT2D eigenvalue weighted by Gasteiger charge is -2.43. The summed E-state index contributed by atoms with van der Waals surface area (Å²) in [4.78, 5) is 0. The summed E-state index contributed by atoms with van der Waals surface area (Å²) < 4.78 is 19.5. The Kier molecular flexibility index (Phi) is 3.05. The maximum absolute atomic E-state index is 14.3. The molecule has 2 nitrogen and oxygen atoms in total. The first-order valence-electron chi connectivity index (χ1n) is 7.11. The van der Waals surface area contributed by atoms with E-state index in [1.807, 2.05) is 6.07 Å². The van der Waals surface area contributed by atoms with Crippen molar-refractivity contribution in [2.45, 2.75) is 50.5 Å². The molecule has 3 atom stereocenters. The zero-order valence-corrected chi connectivity index (χ0v) is 11.6. The predicted molar refractivity (Wildman–Crippen MR) is 72.0 cm³/mol. The quantitative estimate of drug-likeness (QED) is 0.844. The predicted octanol–water partition coefficient (Wildman–Crippen LogP) is 3.20.